The predicted octanol–water partition coefficient (Wildman–Crippen LogP) is 1.28. The minimum absolute atomic E-state index is 0.251. The predicted molar refractivity (Wildman–Crippen MR) is 83.9 cm³/mol. The van der Waals surface area contributed by atoms with E-state index in [1.165, 1.54) is 0 Å². The van der Waals surface area contributed by atoms with Crippen molar-refractivity contribution in [3.05, 3.63) is 41.4 Å². The SMILES string of the molecule is CCCn1cnnc1CNC(=O)c1cc2nc(C)cc(C)n2n1. The Morgan fingerprint density at radius 3 is 2.91 bits per heavy atom. The molecule has 0 bridgehead atoms. The Morgan fingerprint density at radius 2 is 2.13 bits per heavy atom. The molecule has 0 fully saturated rings. The second-order valence-electron chi connectivity index (χ2n) is 5.46. The number of hydrogen-bond donors (Lipinski definition) is 1. The third kappa shape index (κ3) is 3.05. The van der Waals surface area contributed by atoms with E-state index in [1.807, 2.05) is 24.5 Å². The van der Waals surface area contributed by atoms with Crippen LogP contribution < -0.4 is 5.32 Å². The molecule has 0 aromatic carbocycles. The van der Waals surface area contributed by atoms with Crippen molar-refractivity contribution in [3.8, 4) is 0 Å². The third-order valence-electron chi connectivity index (χ3n) is 3.53. The summed E-state index contributed by atoms with van der Waals surface area (Å²) in [6.45, 7) is 7.08. The Labute approximate surface area is 133 Å². The largest absolute Gasteiger partial charge is 0.343 e. The molecule has 0 radical (unpaired) electrons. The van der Waals surface area contributed by atoms with Crippen molar-refractivity contribution in [2.75, 3.05) is 0 Å². The van der Waals surface area contributed by atoms with Crippen LogP contribution in [0.5, 0.6) is 0 Å². The van der Waals surface area contributed by atoms with E-state index in [0.717, 1.165) is 30.2 Å². The maximum absolute atomic E-state index is 12.3. The van der Waals surface area contributed by atoms with Gasteiger partial charge in [-0.2, -0.15) is 5.10 Å². The topological polar surface area (TPSA) is 90.0 Å². The first-order chi connectivity index (χ1) is 11.1. The number of carbonyl (C=O) groups is 1. The lowest BCUT2D eigenvalue weighted by Crippen LogP contribution is -2.25. The number of amides is 1. The Kier molecular flexibility index (Phi) is 4.05. The first-order valence-electron chi connectivity index (χ1n) is 7.57. The second kappa shape index (κ2) is 6.15. The van der Waals surface area contributed by atoms with Gasteiger partial charge in [-0.25, -0.2) is 9.50 Å². The number of rotatable bonds is 5. The van der Waals surface area contributed by atoms with Gasteiger partial charge in [0.15, 0.2) is 17.2 Å². The fourth-order valence-corrected chi connectivity index (χ4v) is 2.49. The first kappa shape index (κ1) is 15.1. The van der Waals surface area contributed by atoms with Crippen molar-refractivity contribution in [1.29, 1.82) is 0 Å². The summed E-state index contributed by atoms with van der Waals surface area (Å²) in [5.74, 6) is 0.479. The number of aryl methyl sites for hydroxylation is 3. The lowest BCUT2D eigenvalue weighted by molar-refractivity contribution is 0.0944. The molecule has 120 valence electrons. The van der Waals surface area contributed by atoms with Gasteiger partial charge >= 0.3 is 0 Å². The zero-order valence-electron chi connectivity index (χ0n) is 13.4. The highest BCUT2D eigenvalue weighted by atomic mass is 16.1. The van der Waals surface area contributed by atoms with Gasteiger partial charge in [-0.1, -0.05) is 6.92 Å². The third-order valence-corrected chi connectivity index (χ3v) is 3.53. The maximum atomic E-state index is 12.3. The van der Waals surface area contributed by atoms with Crippen LogP contribution in [-0.4, -0.2) is 35.3 Å². The summed E-state index contributed by atoms with van der Waals surface area (Å²) in [4.78, 5) is 16.7. The standard InChI is InChI=1S/C15H19N7O/c1-4-5-21-9-17-19-14(21)8-16-15(23)12-7-13-18-10(2)6-11(3)22(13)20-12/h6-7,9H,4-5,8H2,1-3H3,(H,16,23). The quantitative estimate of drug-likeness (QED) is 0.766. The highest BCUT2D eigenvalue weighted by molar-refractivity contribution is 5.93. The number of carbonyl (C=O) groups excluding carboxylic acids is 1. The molecule has 0 saturated carbocycles. The van der Waals surface area contributed by atoms with E-state index in [9.17, 15) is 4.79 Å². The summed E-state index contributed by atoms with van der Waals surface area (Å²) in [6, 6.07) is 3.61. The van der Waals surface area contributed by atoms with Crippen LogP contribution in [-0.2, 0) is 13.1 Å². The van der Waals surface area contributed by atoms with Crippen molar-refractivity contribution >= 4 is 11.6 Å². The molecular weight excluding hydrogens is 294 g/mol. The second-order valence-corrected chi connectivity index (χ2v) is 5.46. The van der Waals surface area contributed by atoms with Crippen LogP contribution in [0.4, 0.5) is 0 Å². The highest BCUT2D eigenvalue weighted by Crippen LogP contribution is 2.09. The normalized spacial score (nSPS) is 11.1. The number of aromatic nitrogens is 6. The van der Waals surface area contributed by atoms with Gasteiger partial charge in [0.2, 0.25) is 0 Å². The summed E-state index contributed by atoms with van der Waals surface area (Å²) in [5, 5.41) is 15.0. The molecule has 0 saturated heterocycles. The fourth-order valence-electron chi connectivity index (χ4n) is 2.49. The summed E-state index contributed by atoms with van der Waals surface area (Å²) < 4.78 is 3.60. The first-order valence-corrected chi connectivity index (χ1v) is 7.57. The monoisotopic (exact) mass is 313 g/mol. The van der Waals surface area contributed by atoms with Crippen molar-refractivity contribution < 1.29 is 4.79 Å². The Morgan fingerprint density at radius 1 is 1.30 bits per heavy atom. The zero-order valence-corrected chi connectivity index (χ0v) is 13.4. The van der Waals surface area contributed by atoms with E-state index in [4.69, 9.17) is 0 Å². The van der Waals surface area contributed by atoms with Gasteiger partial charge in [-0.3, -0.25) is 4.79 Å². The molecule has 0 aliphatic carbocycles. The average Bonchev–Trinajstić information content (AvgIpc) is 3.12. The Bertz CT molecular complexity index is 849. The summed E-state index contributed by atoms with van der Waals surface area (Å²) in [7, 11) is 0. The van der Waals surface area contributed by atoms with Crippen molar-refractivity contribution in [2.45, 2.75) is 40.3 Å². The number of nitrogens with one attached hydrogen (secondary N) is 1. The van der Waals surface area contributed by atoms with Gasteiger partial charge in [0.25, 0.3) is 5.91 Å². The van der Waals surface area contributed by atoms with E-state index < -0.39 is 0 Å². The Balaban J connectivity index is 1.76. The van der Waals surface area contributed by atoms with Gasteiger partial charge in [0.05, 0.1) is 6.54 Å². The van der Waals surface area contributed by atoms with E-state index in [0.29, 0.717) is 17.9 Å². The summed E-state index contributed by atoms with van der Waals surface area (Å²) in [5.41, 5.74) is 2.85. The molecule has 0 unspecified atom stereocenters. The van der Waals surface area contributed by atoms with Crippen LogP contribution in [0.15, 0.2) is 18.5 Å². The smallest absolute Gasteiger partial charge is 0.272 e. The molecule has 0 aliphatic rings. The summed E-state index contributed by atoms with van der Waals surface area (Å²) >= 11 is 0. The molecule has 0 atom stereocenters. The number of nitrogens with zero attached hydrogens (tertiary/aromatic N) is 6. The minimum Gasteiger partial charge on any atom is -0.343 e. The van der Waals surface area contributed by atoms with Crippen LogP contribution in [0.1, 0.15) is 41.0 Å². The van der Waals surface area contributed by atoms with E-state index in [2.05, 4.69) is 32.5 Å². The van der Waals surface area contributed by atoms with Crippen LogP contribution in [0.3, 0.4) is 0 Å². The molecule has 8 heteroatoms. The molecule has 3 aromatic rings. The zero-order chi connectivity index (χ0) is 16.4. The fraction of sp³-hybridized carbons (Fsp3) is 0.400. The average molecular weight is 313 g/mol. The molecule has 3 aromatic heterocycles. The molecule has 3 heterocycles. The number of hydrogen-bond acceptors (Lipinski definition) is 5. The highest BCUT2D eigenvalue weighted by Gasteiger charge is 2.14. The molecule has 8 nitrogen and oxygen atoms in total. The number of fused-ring (bicyclic) bond motifs is 1. The molecule has 0 spiro atoms. The van der Waals surface area contributed by atoms with E-state index in [-0.39, 0.29) is 5.91 Å². The van der Waals surface area contributed by atoms with E-state index in [1.54, 1.807) is 16.9 Å². The Hall–Kier alpha value is -2.77. The van der Waals surface area contributed by atoms with E-state index >= 15 is 0 Å². The van der Waals surface area contributed by atoms with Gasteiger partial charge in [0, 0.05) is 24.0 Å². The van der Waals surface area contributed by atoms with Crippen LogP contribution in [0.25, 0.3) is 5.65 Å². The van der Waals surface area contributed by atoms with Gasteiger partial charge in [-0.05, 0) is 26.3 Å². The summed E-state index contributed by atoms with van der Waals surface area (Å²) in [6.07, 6.45) is 2.65. The van der Waals surface area contributed by atoms with Crippen LogP contribution >= 0.6 is 0 Å². The molecule has 1 amide bonds. The van der Waals surface area contributed by atoms with Gasteiger partial charge in [-0.15, -0.1) is 10.2 Å². The molecular formula is C15H19N7O. The van der Waals surface area contributed by atoms with Crippen LogP contribution in [0, 0.1) is 13.8 Å². The van der Waals surface area contributed by atoms with Crippen molar-refractivity contribution in [2.24, 2.45) is 0 Å². The van der Waals surface area contributed by atoms with Crippen LogP contribution in [0.2, 0.25) is 0 Å². The minimum atomic E-state index is -0.251. The van der Waals surface area contributed by atoms with Crippen molar-refractivity contribution in [1.82, 2.24) is 34.7 Å². The van der Waals surface area contributed by atoms with Gasteiger partial charge < -0.3 is 9.88 Å². The lowest BCUT2D eigenvalue weighted by atomic mass is 10.3. The maximum Gasteiger partial charge on any atom is 0.272 e. The molecule has 3 rings (SSSR count). The van der Waals surface area contributed by atoms with Gasteiger partial charge in [0.1, 0.15) is 6.33 Å². The van der Waals surface area contributed by atoms with Crippen molar-refractivity contribution in [3.63, 3.8) is 0 Å². The lowest BCUT2D eigenvalue weighted by Gasteiger charge is -2.05. The molecule has 0 aliphatic heterocycles. The molecule has 1 N–H and O–H groups in total. The molecule has 23 heavy (non-hydrogen) atoms.